The molecule has 0 saturated carbocycles. The first kappa shape index (κ1) is 8.60. The van der Waals surface area contributed by atoms with Crippen molar-refractivity contribution >= 4 is 6.09 Å². The molecule has 1 atom stereocenters. The van der Waals surface area contributed by atoms with Crippen LogP contribution in [0.5, 0.6) is 0 Å². The summed E-state index contributed by atoms with van der Waals surface area (Å²) in [5.74, 6) is 0. The summed E-state index contributed by atoms with van der Waals surface area (Å²) in [7, 11) is 0. The van der Waals surface area contributed by atoms with E-state index in [2.05, 4.69) is 13.0 Å². The highest BCUT2D eigenvalue weighted by atomic mass is 16.6. The van der Waals surface area contributed by atoms with Crippen LogP contribution in [0.1, 0.15) is 32.6 Å². The molecular formula is C10H15NO2. The number of fused-ring (bicyclic) bond motifs is 1. The number of amides is 1. The summed E-state index contributed by atoms with van der Waals surface area (Å²) in [5, 5.41) is 0. The van der Waals surface area contributed by atoms with Gasteiger partial charge in [-0.2, -0.15) is 0 Å². The molecule has 2 fully saturated rings. The van der Waals surface area contributed by atoms with Gasteiger partial charge in [0.15, 0.2) is 0 Å². The van der Waals surface area contributed by atoms with Crippen molar-refractivity contribution in [3.8, 4) is 0 Å². The van der Waals surface area contributed by atoms with Gasteiger partial charge in [0, 0.05) is 12.1 Å². The van der Waals surface area contributed by atoms with Crippen LogP contribution in [0.15, 0.2) is 11.8 Å². The maximum Gasteiger partial charge on any atom is 0.414 e. The number of rotatable bonds is 3. The van der Waals surface area contributed by atoms with Crippen LogP contribution in [0.3, 0.4) is 0 Å². The Morgan fingerprint density at radius 1 is 1.69 bits per heavy atom. The second-order valence-corrected chi connectivity index (χ2v) is 3.56. The Morgan fingerprint density at radius 3 is 3.23 bits per heavy atom. The van der Waals surface area contributed by atoms with Crippen LogP contribution in [0, 0.1) is 0 Å². The van der Waals surface area contributed by atoms with E-state index in [1.54, 1.807) is 4.90 Å². The lowest BCUT2D eigenvalue weighted by Crippen LogP contribution is -2.22. The first-order valence-corrected chi connectivity index (χ1v) is 5.00. The minimum absolute atomic E-state index is 0.154. The maximum atomic E-state index is 11.1. The van der Waals surface area contributed by atoms with Gasteiger partial charge in [0.1, 0.15) is 0 Å². The van der Waals surface area contributed by atoms with Gasteiger partial charge in [0.05, 0.1) is 12.6 Å². The minimum Gasteiger partial charge on any atom is -0.449 e. The van der Waals surface area contributed by atoms with Gasteiger partial charge in [0.25, 0.3) is 0 Å². The van der Waals surface area contributed by atoms with Crippen LogP contribution in [0.25, 0.3) is 0 Å². The minimum atomic E-state index is -0.154. The molecular weight excluding hydrogens is 166 g/mol. The first-order chi connectivity index (χ1) is 6.34. The van der Waals surface area contributed by atoms with Crippen molar-refractivity contribution in [3.05, 3.63) is 11.8 Å². The van der Waals surface area contributed by atoms with Crippen molar-refractivity contribution in [2.24, 2.45) is 0 Å². The third kappa shape index (κ3) is 1.55. The Bertz CT molecular complexity index is 247. The van der Waals surface area contributed by atoms with Crippen molar-refractivity contribution in [1.82, 2.24) is 4.90 Å². The fourth-order valence-electron chi connectivity index (χ4n) is 1.78. The molecule has 0 radical (unpaired) electrons. The zero-order valence-electron chi connectivity index (χ0n) is 7.95. The number of hydrogen-bond acceptors (Lipinski definition) is 2. The summed E-state index contributed by atoms with van der Waals surface area (Å²) in [6.07, 6.45) is 6.51. The van der Waals surface area contributed by atoms with Crippen molar-refractivity contribution in [3.63, 3.8) is 0 Å². The quantitative estimate of drug-likeness (QED) is 0.493. The normalized spacial score (nSPS) is 28.7. The number of nitrogens with zero attached hydrogens (tertiary/aromatic N) is 1. The van der Waals surface area contributed by atoms with E-state index in [-0.39, 0.29) is 6.09 Å². The summed E-state index contributed by atoms with van der Waals surface area (Å²) in [6.45, 7) is 2.76. The Kier molecular flexibility index (Phi) is 2.25. The van der Waals surface area contributed by atoms with Crippen molar-refractivity contribution < 1.29 is 9.53 Å². The summed E-state index contributed by atoms with van der Waals surface area (Å²) < 4.78 is 4.91. The Labute approximate surface area is 78.4 Å². The van der Waals surface area contributed by atoms with Crippen LogP contribution >= 0.6 is 0 Å². The highest BCUT2D eigenvalue weighted by molar-refractivity contribution is 5.77. The van der Waals surface area contributed by atoms with Gasteiger partial charge >= 0.3 is 6.09 Å². The Balaban J connectivity index is 1.90. The lowest BCUT2D eigenvalue weighted by atomic mass is 10.2. The molecule has 0 bridgehead atoms. The molecule has 3 nitrogen and oxygen atoms in total. The molecule has 0 N–H and O–H groups in total. The molecule has 13 heavy (non-hydrogen) atoms. The van der Waals surface area contributed by atoms with Crippen molar-refractivity contribution in [2.75, 3.05) is 6.61 Å². The van der Waals surface area contributed by atoms with Gasteiger partial charge < -0.3 is 4.74 Å². The molecule has 2 aliphatic heterocycles. The SMILES string of the molecule is CCCC/C=C1\C2CCOC(=O)N12. The lowest BCUT2D eigenvalue weighted by Gasteiger charge is -2.09. The Hall–Kier alpha value is -0.990. The number of hydrogen-bond donors (Lipinski definition) is 0. The summed E-state index contributed by atoms with van der Waals surface area (Å²) in [6, 6.07) is 0.387. The average molecular weight is 181 g/mol. The van der Waals surface area contributed by atoms with E-state index in [1.807, 2.05) is 0 Å². The first-order valence-electron chi connectivity index (χ1n) is 5.00. The van der Waals surface area contributed by atoms with Crippen molar-refractivity contribution in [1.29, 1.82) is 0 Å². The maximum absolute atomic E-state index is 11.1. The smallest absolute Gasteiger partial charge is 0.414 e. The molecule has 1 unspecified atom stereocenters. The molecule has 0 aliphatic carbocycles. The van der Waals surface area contributed by atoms with Crippen LogP contribution in [-0.4, -0.2) is 23.6 Å². The highest BCUT2D eigenvalue weighted by Crippen LogP contribution is 2.39. The molecule has 1 amide bonds. The fraction of sp³-hybridized carbons (Fsp3) is 0.700. The zero-order valence-corrected chi connectivity index (χ0v) is 7.95. The van der Waals surface area contributed by atoms with E-state index in [9.17, 15) is 4.79 Å². The predicted molar refractivity (Wildman–Crippen MR) is 49.2 cm³/mol. The van der Waals surface area contributed by atoms with Crippen molar-refractivity contribution in [2.45, 2.75) is 38.6 Å². The van der Waals surface area contributed by atoms with Crippen LogP contribution in [-0.2, 0) is 4.74 Å². The van der Waals surface area contributed by atoms with Gasteiger partial charge in [-0.3, -0.25) is 4.90 Å². The second-order valence-electron chi connectivity index (χ2n) is 3.56. The lowest BCUT2D eigenvalue weighted by molar-refractivity contribution is 0.111. The molecule has 0 spiro atoms. The molecule has 0 aromatic carbocycles. The topological polar surface area (TPSA) is 29.3 Å². The molecule has 0 aromatic rings. The monoisotopic (exact) mass is 181 g/mol. The van der Waals surface area contributed by atoms with E-state index in [4.69, 9.17) is 4.74 Å². The van der Waals surface area contributed by atoms with Crippen LogP contribution in [0.2, 0.25) is 0 Å². The molecule has 0 aromatic heterocycles. The number of carbonyl (C=O) groups is 1. The molecule has 2 rings (SSSR count). The third-order valence-electron chi connectivity index (χ3n) is 2.59. The van der Waals surface area contributed by atoms with Crippen LogP contribution in [0.4, 0.5) is 4.79 Å². The summed E-state index contributed by atoms with van der Waals surface area (Å²) in [4.78, 5) is 12.9. The van der Waals surface area contributed by atoms with Gasteiger partial charge in [-0.1, -0.05) is 25.8 Å². The number of cyclic esters (lactones) is 1. The molecule has 2 heterocycles. The summed E-state index contributed by atoms with van der Waals surface area (Å²) in [5.41, 5.74) is 1.19. The number of ether oxygens (including phenoxy) is 1. The van der Waals surface area contributed by atoms with Crippen LogP contribution < -0.4 is 0 Å². The van der Waals surface area contributed by atoms with Gasteiger partial charge in [-0.25, -0.2) is 4.79 Å². The average Bonchev–Trinajstić information content (AvgIpc) is 2.81. The third-order valence-corrected chi connectivity index (χ3v) is 2.59. The standard InChI is InChI=1S/C10H15NO2/c1-2-3-4-5-8-9-6-7-13-10(12)11(8)9/h5,9H,2-4,6-7H2,1H3/b8-5+. The van der Waals surface area contributed by atoms with Gasteiger partial charge in [-0.05, 0) is 6.42 Å². The van der Waals surface area contributed by atoms with Gasteiger partial charge in [-0.15, -0.1) is 0 Å². The zero-order chi connectivity index (χ0) is 9.26. The summed E-state index contributed by atoms with van der Waals surface area (Å²) >= 11 is 0. The molecule has 2 aliphatic rings. The predicted octanol–water partition coefficient (Wildman–Crippen LogP) is 2.29. The number of carbonyl (C=O) groups excluding carboxylic acids is 1. The second kappa shape index (κ2) is 3.40. The molecule has 3 heteroatoms. The fourth-order valence-corrected chi connectivity index (χ4v) is 1.78. The van der Waals surface area contributed by atoms with E-state index in [0.717, 1.165) is 12.8 Å². The molecule has 2 saturated heterocycles. The van der Waals surface area contributed by atoms with E-state index >= 15 is 0 Å². The number of unbranched alkanes of at least 4 members (excludes halogenated alkanes) is 2. The van der Waals surface area contributed by atoms with E-state index in [0.29, 0.717) is 12.6 Å². The number of allylic oxidation sites excluding steroid dienone is 1. The largest absolute Gasteiger partial charge is 0.449 e. The van der Waals surface area contributed by atoms with E-state index in [1.165, 1.54) is 18.5 Å². The Morgan fingerprint density at radius 2 is 2.54 bits per heavy atom. The highest BCUT2D eigenvalue weighted by Gasteiger charge is 2.48. The van der Waals surface area contributed by atoms with E-state index < -0.39 is 0 Å². The molecule has 72 valence electrons. The van der Waals surface area contributed by atoms with Gasteiger partial charge in [0.2, 0.25) is 0 Å².